The number of hydrogen-bond acceptors (Lipinski definition) is 5. The quantitative estimate of drug-likeness (QED) is 0.606. The number of benzene rings is 2. The SMILES string of the molecule is C[C@@H](C(=O)O)N(C)C(=O)C(CCN(C)C)NC(=O)OCC1c2ccccc2-c2ccccc21. The lowest BCUT2D eigenvalue weighted by Crippen LogP contribution is -2.52. The summed E-state index contributed by atoms with van der Waals surface area (Å²) in [5, 5.41) is 11.9. The second-order valence-electron chi connectivity index (χ2n) is 8.58. The summed E-state index contributed by atoms with van der Waals surface area (Å²) in [6.07, 6.45) is -0.377. The van der Waals surface area contributed by atoms with Gasteiger partial charge in [0.05, 0.1) is 0 Å². The van der Waals surface area contributed by atoms with Crippen LogP contribution in [0.15, 0.2) is 48.5 Å². The normalized spacial score (nSPS) is 14.2. The van der Waals surface area contributed by atoms with Gasteiger partial charge in [0, 0.05) is 13.0 Å². The predicted molar refractivity (Wildman–Crippen MR) is 125 cm³/mol. The van der Waals surface area contributed by atoms with Crippen molar-refractivity contribution >= 4 is 18.0 Å². The first-order chi connectivity index (χ1) is 15.7. The molecule has 2 atom stereocenters. The highest BCUT2D eigenvalue weighted by atomic mass is 16.5. The molecule has 2 N–H and O–H groups in total. The lowest BCUT2D eigenvalue weighted by molar-refractivity contribution is -0.149. The molecule has 0 radical (unpaired) electrons. The number of carboxylic acid groups (broad SMARTS) is 1. The van der Waals surface area contributed by atoms with Crippen molar-refractivity contribution < 1.29 is 24.2 Å². The van der Waals surface area contributed by atoms with Gasteiger partial charge in [0.25, 0.3) is 0 Å². The summed E-state index contributed by atoms with van der Waals surface area (Å²) in [5.74, 6) is -1.67. The fourth-order valence-electron chi connectivity index (χ4n) is 4.03. The molecule has 0 saturated heterocycles. The van der Waals surface area contributed by atoms with E-state index in [0.717, 1.165) is 27.2 Å². The molecule has 8 nitrogen and oxygen atoms in total. The van der Waals surface area contributed by atoms with E-state index in [1.807, 2.05) is 55.4 Å². The van der Waals surface area contributed by atoms with Gasteiger partial charge in [-0.15, -0.1) is 0 Å². The van der Waals surface area contributed by atoms with E-state index in [1.54, 1.807) is 0 Å². The molecule has 0 saturated carbocycles. The highest BCUT2D eigenvalue weighted by molar-refractivity contribution is 5.89. The Hall–Kier alpha value is -3.39. The van der Waals surface area contributed by atoms with Crippen molar-refractivity contribution in [3.8, 4) is 11.1 Å². The maximum atomic E-state index is 12.9. The van der Waals surface area contributed by atoms with Crippen LogP contribution in [0.3, 0.4) is 0 Å². The van der Waals surface area contributed by atoms with Gasteiger partial charge in [0.15, 0.2) is 0 Å². The number of aliphatic carboxylic acids is 1. The van der Waals surface area contributed by atoms with Crippen LogP contribution >= 0.6 is 0 Å². The number of rotatable bonds is 9. The van der Waals surface area contributed by atoms with Crippen LogP contribution in [0.5, 0.6) is 0 Å². The molecule has 0 bridgehead atoms. The molecule has 1 aliphatic carbocycles. The molecule has 3 rings (SSSR count). The van der Waals surface area contributed by atoms with E-state index < -0.39 is 30.1 Å². The zero-order chi connectivity index (χ0) is 24.1. The smallest absolute Gasteiger partial charge is 0.407 e. The summed E-state index contributed by atoms with van der Waals surface area (Å²) in [5.41, 5.74) is 4.46. The van der Waals surface area contributed by atoms with Gasteiger partial charge in [-0.2, -0.15) is 0 Å². The average Bonchev–Trinajstić information content (AvgIpc) is 3.12. The number of likely N-dealkylation sites (N-methyl/N-ethyl adjacent to an activating group) is 1. The fraction of sp³-hybridized carbons (Fsp3) is 0.400. The van der Waals surface area contributed by atoms with Crippen LogP contribution in [0.2, 0.25) is 0 Å². The Bertz CT molecular complexity index is 977. The molecule has 0 aliphatic heterocycles. The van der Waals surface area contributed by atoms with E-state index in [0.29, 0.717) is 13.0 Å². The van der Waals surface area contributed by atoms with Gasteiger partial charge in [-0.05, 0) is 56.2 Å². The van der Waals surface area contributed by atoms with Gasteiger partial charge in [-0.25, -0.2) is 9.59 Å². The van der Waals surface area contributed by atoms with Gasteiger partial charge < -0.3 is 25.0 Å². The van der Waals surface area contributed by atoms with Crippen molar-refractivity contribution in [2.45, 2.75) is 31.3 Å². The van der Waals surface area contributed by atoms with Crippen molar-refractivity contribution in [2.75, 3.05) is 34.3 Å². The van der Waals surface area contributed by atoms with Gasteiger partial charge in [0.2, 0.25) is 5.91 Å². The van der Waals surface area contributed by atoms with E-state index in [4.69, 9.17) is 4.74 Å². The number of nitrogens with zero attached hydrogens (tertiary/aromatic N) is 2. The Balaban J connectivity index is 1.69. The van der Waals surface area contributed by atoms with Gasteiger partial charge in [-0.3, -0.25) is 4.79 Å². The Morgan fingerprint density at radius 1 is 1.00 bits per heavy atom. The first-order valence-electron chi connectivity index (χ1n) is 11.0. The third-order valence-corrected chi connectivity index (χ3v) is 6.08. The Labute approximate surface area is 194 Å². The number of alkyl carbamates (subject to hydrolysis) is 1. The van der Waals surface area contributed by atoms with Crippen LogP contribution in [0.25, 0.3) is 11.1 Å². The van der Waals surface area contributed by atoms with Crippen molar-refractivity contribution in [3.05, 3.63) is 59.7 Å². The molecule has 0 aromatic heterocycles. The molecule has 2 amide bonds. The summed E-state index contributed by atoms with van der Waals surface area (Å²) in [6, 6.07) is 14.2. The Morgan fingerprint density at radius 3 is 2.06 bits per heavy atom. The van der Waals surface area contributed by atoms with Gasteiger partial charge in [-0.1, -0.05) is 48.5 Å². The third kappa shape index (κ3) is 5.51. The minimum Gasteiger partial charge on any atom is -0.480 e. The zero-order valence-corrected chi connectivity index (χ0v) is 19.4. The molecule has 1 aliphatic rings. The molecule has 8 heteroatoms. The Kier molecular flexibility index (Phi) is 7.71. The monoisotopic (exact) mass is 453 g/mol. The van der Waals surface area contributed by atoms with Crippen molar-refractivity contribution in [3.63, 3.8) is 0 Å². The molecule has 0 heterocycles. The number of carbonyl (C=O) groups excluding carboxylic acids is 2. The molecule has 1 unspecified atom stereocenters. The highest BCUT2D eigenvalue weighted by Crippen LogP contribution is 2.44. The number of ether oxygens (including phenoxy) is 1. The number of carboxylic acids is 1. The average molecular weight is 454 g/mol. The second-order valence-corrected chi connectivity index (χ2v) is 8.58. The first kappa shape index (κ1) is 24.3. The lowest BCUT2D eigenvalue weighted by atomic mass is 9.98. The third-order valence-electron chi connectivity index (χ3n) is 6.08. The van der Waals surface area contributed by atoms with Crippen LogP contribution < -0.4 is 5.32 Å². The summed E-state index contributed by atoms with van der Waals surface area (Å²) in [4.78, 5) is 39.9. The van der Waals surface area contributed by atoms with E-state index in [1.165, 1.54) is 14.0 Å². The maximum absolute atomic E-state index is 12.9. The fourth-order valence-corrected chi connectivity index (χ4v) is 4.03. The standard InChI is InChI=1S/C25H31N3O5/c1-16(24(30)31)28(4)23(29)22(13-14-27(2)3)26-25(32)33-15-21-19-11-7-5-9-17(19)18-10-6-8-12-20(18)21/h5-12,16,21-22H,13-15H2,1-4H3,(H,26,32)(H,30,31)/t16-,22?/m0/s1. The summed E-state index contributed by atoms with van der Waals surface area (Å²) in [6.45, 7) is 2.10. The van der Waals surface area contributed by atoms with E-state index in [9.17, 15) is 19.5 Å². The molecule has 33 heavy (non-hydrogen) atoms. The van der Waals surface area contributed by atoms with E-state index in [2.05, 4.69) is 17.4 Å². The number of nitrogens with one attached hydrogen (secondary N) is 1. The van der Waals surface area contributed by atoms with Crippen LogP contribution in [0.1, 0.15) is 30.4 Å². The van der Waals surface area contributed by atoms with Crippen LogP contribution in [0, 0.1) is 0 Å². The maximum Gasteiger partial charge on any atom is 0.407 e. The summed E-state index contributed by atoms with van der Waals surface area (Å²) in [7, 11) is 5.14. The number of carbonyl (C=O) groups is 3. The van der Waals surface area contributed by atoms with Crippen LogP contribution in [-0.4, -0.2) is 79.3 Å². The largest absolute Gasteiger partial charge is 0.480 e. The van der Waals surface area contributed by atoms with Crippen LogP contribution in [0.4, 0.5) is 4.79 Å². The molecule has 0 spiro atoms. The molecule has 2 aromatic rings. The van der Waals surface area contributed by atoms with Crippen LogP contribution in [-0.2, 0) is 14.3 Å². The van der Waals surface area contributed by atoms with Gasteiger partial charge in [0.1, 0.15) is 18.7 Å². The molecule has 2 aromatic carbocycles. The van der Waals surface area contributed by atoms with E-state index >= 15 is 0 Å². The lowest BCUT2D eigenvalue weighted by Gasteiger charge is -2.28. The first-order valence-corrected chi connectivity index (χ1v) is 11.0. The topological polar surface area (TPSA) is 99.2 Å². The number of fused-ring (bicyclic) bond motifs is 3. The molecule has 176 valence electrons. The summed E-state index contributed by atoms with van der Waals surface area (Å²) < 4.78 is 5.56. The highest BCUT2D eigenvalue weighted by Gasteiger charge is 2.32. The molecular weight excluding hydrogens is 422 g/mol. The Morgan fingerprint density at radius 2 is 1.55 bits per heavy atom. The molecular formula is C25H31N3O5. The predicted octanol–water partition coefficient (Wildman–Crippen LogP) is 2.78. The molecule has 0 fully saturated rings. The van der Waals surface area contributed by atoms with Crippen molar-refractivity contribution in [1.29, 1.82) is 0 Å². The van der Waals surface area contributed by atoms with Crippen molar-refractivity contribution in [1.82, 2.24) is 15.1 Å². The minimum absolute atomic E-state index is 0.0891. The van der Waals surface area contributed by atoms with Gasteiger partial charge >= 0.3 is 12.1 Å². The zero-order valence-electron chi connectivity index (χ0n) is 19.4. The number of amides is 2. The van der Waals surface area contributed by atoms with Crippen molar-refractivity contribution in [2.24, 2.45) is 0 Å². The number of hydrogen-bond donors (Lipinski definition) is 2. The minimum atomic E-state index is -1.11. The summed E-state index contributed by atoms with van der Waals surface area (Å²) >= 11 is 0. The van der Waals surface area contributed by atoms with E-state index in [-0.39, 0.29) is 12.5 Å². The second kappa shape index (κ2) is 10.5.